The first-order valence-electron chi connectivity index (χ1n) is 8.79. The van der Waals surface area contributed by atoms with E-state index < -0.39 is 11.6 Å². The minimum absolute atomic E-state index is 0.00564. The third kappa shape index (κ3) is 2.59. The molecular formula is C21H21NO4. The number of benzene rings is 2. The number of carbonyl (C=O) groups excluding carboxylic acids is 2. The molecule has 0 aromatic heterocycles. The Kier molecular flexibility index (Phi) is 4.04. The second-order valence-corrected chi connectivity index (χ2v) is 7.03. The molecule has 0 radical (unpaired) electrons. The number of alkyl carbamates (subject to hydrolysis) is 1. The monoisotopic (exact) mass is 351 g/mol. The fourth-order valence-electron chi connectivity index (χ4n) is 3.76. The van der Waals surface area contributed by atoms with Gasteiger partial charge >= 0.3 is 6.09 Å². The quantitative estimate of drug-likeness (QED) is 0.922. The van der Waals surface area contributed by atoms with Crippen LogP contribution in [0.2, 0.25) is 0 Å². The van der Waals surface area contributed by atoms with Crippen LogP contribution in [0.15, 0.2) is 48.5 Å². The maximum Gasteiger partial charge on any atom is 0.408 e. The highest BCUT2D eigenvalue weighted by atomic mass is 16.6. The third-order valence-corrected chi connectivity index (χ3v) is 5.56. The Balaban J connectivity index is 1.50. The number of hydrogen-bond acceptors (Lipinski definition) is 4. The molecule has 1 amide bonds. The highest BCUT2D eigenvalue weighted by Crippen LogP contribution is 2.44. The number of nitrogens with one attached hydrogen (secondary N) is 1. The molecule has 5 heteroatoms. The van der Waals surface area contributed by atoms with Crippen molar-refractivity contribution in [2.75, 3.05) is 13.2 Å². The van der Waals surface area contributed by atoms with Gasteiger partial charge in [-0.05, 0) is 36.1 Å². The maximum atomic E-state index is 12.3. The minimum Gasteiger partial charge on any atom is -0.449 e. The zero-order chi connectivity index (χ0) is 18.3. The van der Waals surface area contributed by atoms with E-state index in [2.05, 4.69) is 29.6 Å². The fourth-order valence-corrected chi connectivity index (χ4v) is 3.76. The average molecular weight is 351 g/mol. The number of fused-ring (bicyclic) bond motifs is 3. The van der Waals surface area contributed by atoms with Gasteiger partial charge in [-0.15, -0.1) is 0 Å². The first kappa shape index (κ1) is 16.8. The number of Topliss-reactive ketones (excluding diaryl/α,β-unsaturated/α-hetero) is 1. The van der Waals surface area contributed by atoms with Crippen LogP contribution >= 0.6 is 0 Å². The Morgan fingerprint density at radius 3 is 2.27 bits per heavy atom. The van der Waals surface area contributed by atoms with Crippen molar-refractivity contribution in [1.82, 2.24) is 5.32 Å². The van der Waals surface area contributed by atoms with Crippen LogP contribution in [0.3, 0.4) is 0 Å². The standard InChI is InChI=1S/C21H21NO4/c1-13-21(2,19(23)12-25-13)22-20(24)26-11-18-16-9-5-3-7-14(16)15-8-4-6-10-17(15)18/h3-10,13,18H,11-12H2,1-2H3,(H,22,24)/t13-,21+/m1/s1. The van der Waals surface area contributed by atoms with Crippen LogP contribution in [0.1, 0.15) is 30.9 Å². The number of rotatable bonds is 3. The SMILES string of the molecule is C[C@H]1OCC(=O)[C@@]1(C)NC(=O)OCC1c2ccccc2-c2ccccc21. The Morgan fingerprint density at radius 2 is 1.73 bits per heavy atom. The molecule has 2 aromatic rings. The van der Waals surface area contributed by atoms with Gasteiger partial charge in [0.2, 0.25) is 0 Å². The predicted molar refractivity (Wildman–Crippen MR) is 97.0 cm³/mol. The predicted octanol–water partition coefficient (Wildman–Crippen LogP) is 3.27. The van der Waals surface area contributed by atoms with Crippen LogP contribution in [0.5, 0.6) is 0 Å². The summed E-state index contributed by atoms with van der Waals surface area (Å²) < 4.78 is 10.8. The summed E-state index contributed by atoms with van der Waals surface area (Å²) in [6.07, 6.45) is -0.976. The Bertz CT molecular complexity index is 832. The Morgan fingerprint density at radius 1 is 1.15 bits per heavy atom. The summed E-state index contributed by atoms with van der Waals surface area (Å²) in [7, 11) is 0. The molecular weight excluding hydrogens is 330 g/mol. The van der Waals surface area contributed by atoms with E-state index in [1.54, 1.807) is 13.8 Å². The molecule has 1 aliphatic heterocycles. The molecule has 1 heterocycles. The summed E-state index contributed by atoms with van der Waals surface area (Å²) in [5.74, 6) is -0.146. The summed E-state index contributed by atoms with van der Waals surface area (Å²) in [5, 5.41) is 2.69. The highest BCUT2D eigenvalue weighted by Gasteiger charge is 2.46. The minimum atomic E-state index is -1.04. The van der Waals surface area contributed by atoms with E-state index in [1.807, 2.05) is 24.3 Å². The van der Waals surface area contributed by atoms with E-state index in [9.17, 15) is 9.59 Å². The van der Waals surface area contributed by atoms with Gasteiger partial charge in [0, 0.05) is 5.92 Å². The van der Waals surface area contributed by atoms with E-state index in [0.29, 0.717) is 0 Å². The van der Waals surface area contributed by atoms with Gasteiger partial charge in [-0.2, -0.15) is 0 Å². The van der Waals surface area contributed by atoms with Crippen LogP contribution < -0.4 is 5.32 Å². The van der Waals surface area contributed by atoms with Crippen LogP contribution in [0, 0.1) is 0 Å². The summed E-state index contributed by atoms with van der Waals surface area (Å²) in [6, 6.07) is 16.3. The molecule has 0 spiro atoms. The highest BCUT2D eigenvalue weighted by molar-refractivity contribution is 5.94. The number of ketones is 1. The lowest BCUT2D eigenvalue weighted by Gasteiger charge is -2.27. The lowest BCUT2D eigenvalue weighted by molar-refractivity contribution is -0.121. The summed E-state index contributed by atoms with van der Waals surface area (Å²) >= 11 is 0. The van der Waals surface area contributed by atoms with Crippen molar-refractivity contribution < 1.29 is 19.1 Å². The summed E-state index contributed by atoms with van der Waals surface area (Å²) in [5.41, 5.74) is 3.62. The molecule has 2 aliphatic rings. The second-order valence-electron chi connectivity index (χ2n) is 7.03. The molecule has 134 valence electrons. The smallest absolute Gasteiger partial charge is 0.408 e. The topological polar surface area (TPSA) is 64.6 Å². The maximum absolute atomic E-state index is 12.3. The molecule has 5 nitrogen and oxygen atoms in total. The van der Waals surface area contributed by atoms with Crippen LogP contribution in [0.25, 0.3) is 11.1 Å². The van der Waals surface area contributed by atoms with E-state index >= 15 is 0 Å². The lowest BCUT2D eigenvalue weighted by Crippen LogP contribution is -2.55. The average Bonchev–Trinajstić information content (AvgIpc) is 3.10. The van der Waals surface area contributed by atoms with Gasteiger partial charge in [-0.3, -0.25) is 4.79 Å². The van der Waals surface area contributed by atoms with Crippen molar-refractivity contribution >= 4 is 11.9 Å². The van der Waals surface area contributed by atoms with E-state index in [4.69, 9.17) is 9.47 Å². The molecule has 2 aromatic carbocycles. The fraction of sp³-hybridized carbons (Fsp3) is 0.333. The Labute approximate surface area is 152 Å². The lowest BCUT2D eigenvalue weighted by atomic mass is 9.94. The summed E-state index contributed by atoms with van der Waals surface area (Å²) in [4.78, 5) is 24.4. The van der Waals surface area contributed by atoms with Crippen molar-refractivity contribution in [3.8, 4) is 11.1 Å². The van der Waals surface area contributed by atoms with Gasteiger partial charge in [0.25, 0.3) is 0 Å². The van der Waals surface area contributed by atoms with Crippen molar-refractivity contribution in [3.05, 3.63) is 59.7 Å². The molecule has 1 fully saturated rings. The summed E-state index contributed by atoms with van der Waals surface area (Å²) in [6.45, 7) is 3.68. The van der Waals surface area contributed by atoms with Gasteiger partial charge in [0.05, 0.1) is 6.10 Å². The van der Waals surface area contributed by atoms with Gasteiger partial charge in [0.1, 0.15) is 18.8 Å². The van der Waals surface area contributed by atoms with Crippen molar-refractivity contribution in [3.63, 3.8) is 0 Å². The molecule has 0 unspecified atom stereocenters. The van der Waals surface area contributed by atoms with E-state index in [0.717, 1.165) is 11.1 Å². The van der Waals surface area contributed by atoms with Crippen LogP contribution in [0.4, 0.5) is 4.79 Å². The zero-order valence-electron chi connectivity index (χ0n) is 14.8. The first-order valence-corrected chi connectivity index (χ1v) is 8.79. The Hall–Kier alpha value is -2.66. The molecule has 4 rings (SSSR count). The van der Waals surface area contributed by atoms with E-state index in [1.165, 1.54) is 11.1 Å². The van der Waals surface area contributed by atoms with Gasteiger partial charge in [-0.1, -0.05) is 48.5 Å². The molecule has 0 bridgehead atoms. The second kappa shape index (κ2) is 6.25. The van der Waals surface area contributed by atoms with Crippen molar-refractivity contribution in [1.29, 1.82) is 0 Å². The van der Waals surface area contributed by atoms with Crippen LogP contribution in [-0.2, 0) is 14.3 Å². The molecule has 2 atom stereocenters. The number of ether oxygens (including phenoxy) is 2. The van der Waals surface area contributed by atoms with Crippen molar-refractivity contribution in [2.24, 2.45) is 0 Å². The zero-order valence-corrected chi connectivity index (χ0v) is 14.8. The van der Waals surface area contributed by atoms with Gasteiger partial charge in [-0.25, -0.2) is 4.79 Å². The molecule has 26 heavy (non-hydrogen) atoms. The molecule has 1 saturated heterocycles. The van der Waals surface area contributed by atoms with Gasteiger partial charge in [0.15, 0.2) is 5.78 Å². The number of hydrogen-bond donors (Lipinski definition) is 1. The van der Waals surface area contributed by atoms with E-state index in [-0.39, 0.29) is 31.0 Å². The molecule has 1 aliphatic carbocycles. The van der Waals surface area contributed by atoms with Gasteiger partial charge < -0.3 is 14.8 Å². The molecule has 0 saturated carbocycles. The number of amides is 1. The third-order valence-electron chi connectivity index (χ3n) is 5.56. The number of carbonyl (C=O) groups is 2. The van der Waals surface area contributed by atoms with Crippen molar-refractivity contribution in [2.45, 2.75) is 31.4 Å². The normalized spacial score (nSPS) is 24.2. The first-order chi connectivity index (χ1) is 12.5. The van der Waals surface area contributed by atoms with Crippen LogP contribution in [-0.4, -0.2) is 36.7 Å². The largest absolute Gasteiger partial charge is 0.449 e. The molecule has 1 N–H and O–H groups in total.